The molecule has 27 heavy (non-hydrogen) atoms. The van der Waals surface area contributed by atoms with Crippen LogP contribution in [-0.2, 0) is 17.8 Å². The fourth-order valence-electron chi connectivity index (χ4n) is 2.99. The third kappa shape index (κ3) is 4.55. The zero-order chi connectivity index (χ0) is 19.4. The number of amides is 1. The highest BCUT2D eigenvalue weighted by Crippen LogP contribution is 2.21. The van der Waals surface area contributed by atoms with Crippen LogP contribution < -0.4 is 10.2 Å². The number of hydrogen-bond donors (Lipinski definition) is 1. The molecule has 0 radical (unpaired) electrons. The second kappa shape index (κ2) is 8.35. The van der Waals surface area contributed by atoms with Crippen molar-refractivity contribution in [2.45, 2.75) is 39.8 Å². The Bertz CT molecular complexity index is 969. The molecule has 1 N–H and O–H groups in total. The van der Waals surface area contributed by atoms with Crippen molar-refractivity contribution in [2.75, 3.05) is 0 Å². The van der Waals surface area contributed by atoms with E-state index in [1.165, 1.54) is 10.1 Å². The van der Waals surface area contributed by atoms with Crippen molar-refractivity contribution >= 4 is 17.2 Å². The third-order valence-corrected chi connectivity index (χ3v) is 5.46. The molecule has 1 heterocycles. The van der Waals surface area contributed by atoms with Crippen molar-refractivity contribution in [2.24, 2.45) is 0 Å². The highest BCUT2D eigenvalue weighted by molar-refractivity contribution is 7.07. The first-order valence-corrected chi connectivity index (χ1v) is 9.99. The van der Waals surface area contributed by atoms with Crippen molar-refractivity contribution in [1.82, 2.24) is 9.88 Å². The maximum absolute atomic E-state index is 12.5. The van der Waals surface area contributed by atoms with Gasteiger partial charge in [0.15, 0.2) is 0 Å². The zero-order valence-electron chi connectivity index (χ0n) is 15.9. The van der Waals surface area contributed by atoms with Crippen LogP contribution >= 0.6 is 11.3 Å². The van der Waals surface area contributed by atoms with E-state index in [9.17, 15) is 9.59 Å². The van der Waals surface area contributed by atoms with E-state index in [4.69, 9.17) is 0 Å². The summed E-state index contributed by atoms with van der Waals surface area (Å²) < 4.78 is 1.54. The lowest BCUT2D eigenvalue weighted by Gasteiger charge is -2.16. The molecule has 5 heteroatoms. The number of carbonyl (C=O) groups excluding carboxylic acids is 1. The molecule has 2 aromatic carbocycles. The van der Waals surface area contributed by atoms with Gasteiger partial charge < -0.3 is 5.32 Å². The summed E-state index contributed by atoms with van der Waals surface area (Å²) >= 11 is 1.12. The van der Waals surface area contributed by atoms with Gasteiger partial charge in [-0.15, -0.1) is 0 Å². The Balaban J connectivity index is 1.73. The minimum absolute atomic E-state index is 0.0168. The second-order valence-electron chi connectivity index (χ2n) is 6.72. The Kier molecular flexibility index (Phi) is 5.91. The molecule has 0 aliphatic carbocycles. The maximum Gasteiger partial charge on any atom is 0.308 e. The molecular weight excluding hydrogens is 356 g/mol. The Labute approximate surface area is 163 Å². The molecule has 1 atom stereocenters. The van der Waals surface area contributed by atoms with Crippen molar-refractivity contribution in [3.05, 3.63) is 80.3 Å². The van der Waals surface area contributed by atoms with Crippen molar-refractivity contribution < 1.29 is 4.79 Å². The van der Waals surface area contributed by atoms with Crippen LogP contribution in [0.4, 0.5) is 0 Å². The molecule has 1 unspecified atom stereocenters. The van der Waals surface area contributed by atoms with E-state index < -0.39 is 0 Å². The maximum atomic E-state index is 12.5. The van der Waals surface area contributed by atoms with Gasteiger partial charge in [-0.25, -0.2) is 0 Å². The van der Waals surface area contributed by atoms with Crippen LogP contribution in [0.5, 0.6) is 0 Å². The fourth-order valence-corrected chi connectivity index (χ4v) is 3.75. The van der Waals surface area contributed by atoms with E-state index in [2.05, 4.69) is 24.4 Å². The molecule has 1 amide bonds. The van der Waals surface area contributed by atoms with Crippen LogP contribution in [0.2, 0.25) is 0 Å². The average molecular weight is 381 g/mol. The molecule has 0 saturated heterocycles. The minimum Gasteiger partial charge on any atom is -0.348 e. The highest BCUT2D eigenvalue weighted by Gasteiger charge is 2.15. The summed E-state index contributed by atoms with van der Waals surface area (Å²) in [7, 11) is 0. The predicted octanol–water partition coefficient (Wildman–Crippen LogP) is 4.33. The van der Waals surface area contributed by atoms with Crippen LogP contribution in [0.3, 0.4) is 0 Å². The molecule has 0 aliphatic heterocycles. The predicted molar refractivity (Wildman–Crippen MR) is 111 cm³/mol. The first-order valence-electron chi connectivity index (χ1n) is 9.11. The molecule has 0 spiro atoms. The summed E-state index contributed by atoms with van der Waals surface area (Å²) in [6.45, 7) is 6.11. The van der Waals surface area contributed by atoms with Crippen molar-refractivity contribution in [3.8, 4) is 11.3 Å². The standard InChI is InChI=1S/C22H24N2O2S/c1-4-17-7-11-18(12-8-17)16(3)23-21(25)13-24-20(14-27-22(24)26)19-9-5-15(2)6-10-19/h5-12,14,16H,4,13H2,1-3H3,(H,23,25). The molecule has 1 aromatic heterocycles. The van der Waals surface area contributed by atoms with E-state index in [1.807, 2.05) is 55.6 Å². The average Bonchev–Trinajstić information content (AvgIpc) is 3.03. The summed E-state index contributed by atoms with van der Waals surface area (Å²) in [6, 6.07) is 16.1. The molecule has 0 fully saturated rings. The highest BCUT2D eigenvalue weighted by atomic mass is 32.1. The summed E-state index contributed by atoms with van der Waals surface area (Å²) in [5.41, 5.74) is 5.19. The third-order valence-electron chi connectivity index (χ3n) is 4.70. The van der Waals surface area contributed by atoms with Crippen LogP contribution in [0.15, 0.2) is 58.7 Å². The van der Waals surface area contributed by atoms with Gasteiger partial charge in [-0.2, -0.15) is 0 Å². The summed E-state index contributed by atoms with van der Waals surface area (Å²) in [5.74, 6) is -0.170. The molecule has 3 rings (SSSR count). The van der Waals surface area contributed by atoms with E-state index >= 15 is 0 Å². The molecule has 0 saturated carbocycles. The number of aromatic nitrogens is 1. The smallest absolute Gasteiger partial charge is 0.308 e. The number of nitrogens with one attached hydrogen (secondary N) is 1. The number of aryl methyl sites for hydroxylation is 2. The molecule has 0 aliphatic rings. The lowest BCUT2D eigenvalue weighted by molar-refractivity contribution is -0.122. The molecule has 4 nitrogen and oxygen atoms in total. The van der Waals surface area contributed by atoms with Gasteiger partial charge in [0.1, 0.15) is 6.54 Å². The van der Waals surface area contributed by atoms with Crippen LogP contribution in [0.1, 0.15) is 36.6 Å². The second-order valence-corrected chi connectivity index (χ2v) is 7.54. The number of benzene rings is 2. The number of thiazole rings is 1. The largest absolute Gasteiger partial charge is 0.348 e. The van der Waals surface area contributed by atoms with Gasteiger partial charge in [-0.05, 0) is 37.0 Å². The van der Waals surface area contributed by atoms with Gasteiger partial charge in [0.05, 0.1) is 11.7 Å². The first kappa shape index (κ1) is 19.1. The van der Waals surface area contributed by atoms with Crippen LogP contribution in [0, 0.1) is 6.92 Å². The number of carbonyl (C=O) groups is 1. The quantitative estimate of drug-likeness (QED) is 0.692. The van der Waals surface area contributed by atoms with E-state index in [1.54, 1.807) is 0 Å². The van der Waals surface area contributed by atoms with Gasteiger partial charge in [-0.3, -0.25) is 14.2 Å². The van der Waals surface area contributed by atoms with Crippen molar-refractivity contribution in [1.29, 1.82) is 0 Å². The normalized spacial score (nSPS) is 12.0. The molecule has 3 aromatic rings. The monoisotopic (exact) mass is 380 g/mol. The van der Waals surface area contributed by atoms with Crippen LogP contribution in [0.25, 0.3) is 11.3 Å². The molecule has 0 bridgehead atoms. The van der Waals surface area contributed by atoms with Crippen molar-refractivity contribution in [3.63, 3.8) is 0 Å². The number of hydrogen-bond acceptors (Lipinski definition) is 3. The summed E-state index contributed by atoms with van der Waals surface area (Å²) in [4.78, 5) is 24.7. The Hall–Kier alpha value is -2.66. The van der Waals surface area contributed by atoms with Gasteiger partial charge in [-0.1, -0.05) is 72.4 Å². The van der Waals surface area contributed by atoms with Gasteiger partial charge >= 0.3 is 4.87 Å². The lowest BCUT2D eigenvalue weighted by Crippen LogP contribution is -2.32. The molecule has 140 valence electrons. The summed E-state index contributed by atoms with van der Waals surface area (Å²) in [6.07, 6.45) is 0.990. The minimum atomic E-state index is -0.170. The fraction of sp³-hybridized carbons (Fsp3) is 0.273. The SMILES string of the molecule is CCc1ccc(C(C)NC(=O)Cn2c(-c3ccc(C)cc3)csc2=O)cc1. The van der Waals surface area contributed by atoms with E-state index in [0.29, 0.717) is 0 Å². The Morgan fingerprint density at radius 2 is 1.78 bits per heavy atom. The van der Waals surface area contributed by atoms with E-state index in [0.717, 1.165) is 40.1 Å². The molecular formula is C22H24N2O2S. The zero-order valence-corrected chi connectivity index (χ0v) is 16.7. The Morgan fingerprint density at radius 1 is 1.11 bits per heavy atom. The van der Waals surface area contributed by atoms with Gasteiger partial charge in [0.25, 0.3) is 0 Å². The van der Waals surface area contributed by atoms with Crippen LogP contribution in [-0.4, -0.2) is 10.5 Å². The van der Waals surface area contributed by atoms with E-state index in [-0.39, 0.29) is 23.4 Å². The first-order chi connectivity index (χ1) is 13.0. The topological polar surface area (TPSA) is 51.1 Å². The number of nitrogens with zero attached hydrogens (tertiary/aromatic N) is 1. The Morgan fingerprint density at radius 3 is 2.41 bits per heavy atom. The lowest BCUT2D eigenvalue weighted by atomic mass is 10.1. The summed E-state index contributed by atoms with van der Waals surface area (Å²) in [5, 5.41) is 4.81. The number of rotatable bonds is 6. The van der Waals surface area contributed by atoms with Gasteiger partial charge in [0, 0.05) is 5.38 Å². The van der Waals surface area contributed by atoms with Gasteiger partial charge in [0.2, 0.25) is 5.91 Å².